The summed E-state index contributed by atoms with van der Waals surface area (Å²) in [5.74, 6) is 1.72. The average Bonchev–Trinajstić information content (AvgIpc) is 2.73. The van der Waals surface area contributed by atoms with Crippen molar-refractivity contribution in [3.63, 3.8) is 0 Å². The van der Waals surface area contributed by atoms with Gasteiger partial charge < -0.3 is 4.90 Å². The molecule has 0 spiro atoms. The van der Waals surface area contributed by atoms with Gasteiger partial charge in [-0.25, -0.2) is 4.90 Å². The first-order valence-electron chi connectivity index (χ1n) is 9.19. The average molecular weight is 293 g/mol. The Kier molecular flexibility index (Phi) is 4.70. The van der Waals surface area contributed by atoms with Crippen LogP contribution < -0.4 is 4.90 Å². The Morgan fingerprint density at radius 1 is 1.05 bits per heavy atom. The normalized spacial score (nSPS) is 44.5. The zero-order valence-corrected chi connectivity index (χ0v) is 14.1. The van der Waals surface area contributed by atoms with Crippen molar-refractivity contribution in [3.8, 4) is 0 Å². The van der Waals surface area contributed by atoms with Crippen molar-refractivity contribution in [1.29, 1.82) is 0 Å². The van der Waals surface area contributed by atoms with Crippen molar-refractivity contribution in [2.45, 2.75) is 83.5 Å². The number of hydrogen-bond donors (Lipinski definition) is 1. The van der Waals surface area contributed by atoms with E-state index in [-0.39, 0.29) is 0 Å². The van der Waals surface area contributed by atoms with Gasteiger partial charge in [0.15, 0.2) is 0 Å². The van der Waals surface area contributed by atoms with Crippen molar-refractivity contribution in [1.82, 2.24) is 4.90 Å². The lowest BCUT2D eigenvalue weighted by Crippen LogP contribution is -3.15. The summed E-state index contributed by atoms with van der Waals surface area (Å²) in [5.41, 5.74) is 0. The van der Waals surface area contributed by atoms with Crippen LogP contribution in [0.15, 0.2) is 0 Å². The van der Waals surface area contributed by atoms with E-state index in [1.165, 1.54) is 38.5 Å². The molecule has 0 amide bonds. The minimum atomic E-state index is 0.358. The van der Waals surface area contributed by atoms with E-state index in [2.05, 4.69) is 25.8 Å². The number of Topliss-reactive ketones (excluding diaryl/α,β-unsaturated/α-hetero) is 1. The van der Waals surface area contributed by atoms with Gasteiger partial charge in [0, 0.05) is 19.3 Å². The fraction of sp³-hybridized carbons (Fsp3) is 0.944. The van der Waals surface area contributed by atoms with E-state index in [9.17, 15) is 4.79 Å². The second-order valence-electron chi connectivity index (χ2n) is 7.97. The number of nitrogens with one attached hydrogen (secondary N) is 1. The summed E-state index contributed by atoms with van der Waals surface area (Å²) in [6.07, 6.45) is 10.7. The summed E-state index contributed by atoms with van der Waals surface area (Å²) in [6.45, 7) is 5.37. The molecule has 0 radical (unpaired) electrons. The molecule has 2 saturated carbocycles. The first-order chi connectivity index (χ1) is 10.1. The van der Waals surface area contributed by atoms with Crippen LogP contribution >= 0.6 is 0 Å². The van der Waals surface area contributed by atoms with Crippen LogP contribution in [-0.2, 0) is 4.79 Å². The molecule has 3 nitrogen and oxygen atoms in total. The lowest BCUT2D eigenvalue weighted by molar-refractivity contribution is -0.921. The molecule has 21 heavy (non-hydrogen) atoms. The molecule has 1 aliphatic heterocycles. The van der Waals surface area contributed by atoms with Crippen molar-refractivity contribution < 1.29 is 9.69 Å². The molecule has 3 heteroatoms. The van der Waals surface area contributed by atoms with Crippen LogP contribution in [0.25, 0.3) is 0 Å². The van der Waals surface area contributed by atoms with Crippen LogP contribution in [0.3, 0.4) is 0 Å². The number of carbonyl (C=O) groups is 1. The standard InChI is InChI=1S/C18H32N2O/c1-13-8-10-15(11-9-13)18(21)12-20-14(2)19(3)16-6-4-5-7-17(16)20/h13-17H,4-12H2,1-3H3/p+1. The Morgan fingerprint density at radius 3 is 2.43 bits per heavy atom. The van der Waals surface area contributed by atoms with E-state index < -0.39 is 0 Å². The number of ketones is 1. The summed E-state index contributed by atoms with van der Waals surface area (Å²) in [5, 5.41) is 0. The summed E-state index contributed by atoms with van der Waals surface area (Å²) < 4.78 is 0. The summed E-state index contributed by atoms with van der Waals surface area (Å²) in [4.78, 5) is 16.9. The molecule has 3 rings (SSSR count). The molecule has 120 valence electrons. The third-order valence-electron chi connectivity index (χ3n) is 6.71. The van der Waals surface area contributed by atoms with Crippen LogP contribution in [0.4, 0.5) is 0 Å². The molecule has 0 aromatic carbocycles. The number of fused-ring (bicyclic) bond motifs is 1. The number of carbonyl (C=O) groups excluding carboxylic acids is 1. The Bertz CT molecular complexity index is 375. The first kappa shape index (κ1) is 15.5. The van der Waals surface area contributed by atoms with E-state index in [1.807, 2.05) is 0 Å². The Morgan fingerprint density at radius 2 is 1.71 bits per heavy atom. The zero-order chi connectivity index (χ0) is 15.0. The molecule has 0 aromatic rings. The number of likely N-dealkylation sites (N-methyl/N-ethyl adjacent to an activating group) is 1. The predicted molar refractivity (Wildman–Crippen MR) is 85.2 cm³/mol. The predicted octanol–water partition coefficient (Wildman–Crippen LogP) is 1.87. The third kappa shape index (κ3) is 3.05. The van der Waals surface area contributed by atoms with Gasteiger partial charge in [0.25, 0.3) is 0 Å². The number of quaternary nitrogens is 1. The summed E-state index contributed by atoms with van der Waals surface area (Å²) in [6, 6.07) is 1.44. The fourth-order valence-electron chi connectivity index (χ4n) is 5.04. The first-order valence-corrected chi connectivity index (χ1v) is 9.19. The van der Waals surface area contributed by atoms with Crippen LogP contribution in [0, 0.1) is 11.8 Å². The Balaban J connectivity index is 1.62. The van der Waals surface area contributed by atoms with Crippen molar-refractivity contribution in [3.05, 3.63) is 0 Å². The third-order valence-corrected chi connectivity index (χ3v) is 6.71. The van der Waals surface area contributed by atoms with Gasteiger partial charge in [-0.3, -0.25) is 4.79 Å². The minimum absolute atomic E-state index is 0.358. The lowest BCUT2D eigenvalue weighted by Gasteiger charge is -2.30. The molecule has 1 N–H and O–H groups in total. The summed E-state index contributed by atoms with van der Waals surface area (Å²) in [7, 11) is 2.33. The highest BCUT2D eigenvalue weighted by molar-refractivity contribution is 5.83. The van der Waals surface area contributed by atoms with Crippen LogP contribution in [0.5, 0.6) is 0 Å². The maximum absolute atomic E-state index is 12.7. The SMILES string of the molecule is CC1CCC(C(=O)CN2C3CCCCC3[NH+](C)C2C)CC1. The van der Waals surface area contributed by atoms with Crippen LogP contribution in [0.1, 0.15) is 65.2 Å². The zero-order valence-electron chi connectivity index (χ0n) is 14.1. The highest BCUT2D eigenvalue weighted by atomic mass is 16.1. The van der Waals surface area contributed by atoms with Gasteiger partial charge in [0.2, 0.25) is 0 Å². The molecule has 2 aliphatic carbocycles. The molecule has 4 atom stereocenters. The largest absolute Gasteiger partial charge is 0.319 e. The minimum Gasteiger partial charge on any atom is -0.319 e. The van der Waals surface area contributed by atoms with Gasteiger partial charge in [0.05, 0.1) is 19.6 Å². The van der Waals surface area contributed by atoms with Gasteiger partial charge in [-0.2, -0.15) is 0 Å². The van der Waals surface area contributed by atoms with Crippen molar-refractivity contribution >= 4 is 5.78 Å². The molecule has 0 aromatic heterocycles. The number of nitrogens with zero attached hydrogens (tertiary/aromatic N) is 1. The Labute approximate surface area is 130 Å². The maximum Gasteiger partial charge on any atom is 0.150 e. The van der Waals surface area contributed by atoms with Gasteiger partial charge in [0.1, 0.15) is 18.0 Å². The number of hydrogen-bond acceptors (Lipinski definition) is 2. The monoisotopic (exact) mass is 293 g/mol. The van der Waals surface area contributed by atoms with Gasteiger partial charge >= 0.3 is 0 Å². The fourth-order valence-corrected chi connectivity index (χ4v) is 5.04. The second kappa shape index (κ2) is 6.37. The van der Waals surface area contributed by atoms with Crippen molar-refractivity contribution in [2.75, 3.05) is 13.6 Å². The molecule has 0 bridgehead atoms. The molecule has 3 aliphatic rings. The lowest BCUT2D eigenvalue weighted by atomic mass is 9.80. The second-order valence-corrected chi connectivity index (χ2v) is 7.97. The topological polar surface area (TPSA) is 24.8 Å². The molecule has 1 heterocycles. The van der Waals surface area contributed by atoms with Gasteiger partial charge in [-0.1, -0.05) is 26.2 Å². The molecule has 4 unspecified atom stereocenters. The quantitative estimate of drug-likeness (QED) is 0.859. The molecular weight excluding hydrogens is 260 g/mol. The number of rotatable bonds is 3. The van der Waals surface area contributed by atoms with E-state index in [0.717, 1.165) is 31.3 Å². The van der Waals surface area contributed by atoms with Crippen molar-refractivity contribution in [2.24, 2.45) is 11.8 Å². The highest BCUT2D eigenvalue weighted by Gasteiger charge is 2.48. The highest BCUT2D eigenvalue weighted by Crippen LogP contribution is 2.31. The van der Waals surface area contributed by atoms with E-state index >= 15 is 0 Å². The van der Waals surface area contributed by atoms with Gasteiger partial charge in [-0.15, -0.1) is 0 Å². The summed E-state index contributed by atoms with van der Waals surface area (Å²) >= 11 is 0. The Hall–Kier alpha value is -0.410. The smallest absolute Gasteiger partial charge is 0.150 e. The molecule has 1 saturated heterocycles. The molecular formula is C18H33N2O+. The van der Waals surface area contributed by atoms with E-state index in [4.69, 9.17) is 0 Å². The van der Waals surface area contributed by atoms with Crippen LogP contribution in [-0.4, -0.2) is 42.5 Å². The van der Waals surface area contributed by atoms with Crippen LogP contribution in [0.2, 0.25) is 0 Å². The van der Waals surface area contributed by atoms with Gasteiger partial charge in [-0.05, 0) is 31.6 Å². The van der Waals surface area contributed by atoms with E-state index in [1.54, 1.807) is 4.90 Å². The maximum atomic E-state index is 12.7. The van der Waals surface area contributed by atoms with E-state index in [0.29, 0.717) is 23.9 Å². The molecule has 3 fully saturated rings.